The Morgan fingerprint density at radius 2 is 2.00 bits per heavy atom. The van der Waals surface area contributed by atoms with Gasteiger partial charge < -0.3 is 15.7 Å². The van der Waals surface area contributed by atoms with Crippen LogP contribution in [0.4, 0.5) is 0 Å². The molecule has 0 saturated carbocycles. The Labute approximate surface area is 134 Å². The molecule has 23 heavy (non-hydrogen) atoms. The third-order valence-electron chi connectivity index (χ3n) is 3.06. The Morgan fingerprint density at radius 1 is 1.35 bits per heavy atom. The van der Waals surface area contributed by atoms with Crippen LogP contribution >= 0.6 is 0 Å². The summed E-state index contributed by atoms with van der Waals surface area (Å²) in [5.41, 5.74) is 5.88. The van der Waals surface area contributed by atoms with Crippen LogP contribution < -0.4 is 15.4 Å². The van der Waals surface area contributed by atoms with E-state index >= 15 is 0 Å². The minimum Gasteiger partial charge on any atom is -0.453 e. The van der Waals surface area contributed by atoms with E-state index in [1.807, 2.05) is 13.8 Å². The summed E-state index contributed by atoms with van der Waals surface area (Å²) in [5, 5.41) is 14.4. The van der Waals surface area contributed by atoms with Crippen molar-refractivity contribution in [3.8, 4) is 5.88 Å². The maximum atomic E-state index is 12.5. The van der Waals surface area contributed by atoms with Crippen LogP contribution in [0.2, 0.25) is 0 Å². The molecule has 0 bridgehead atoms. The molecule has 0 amide bonds. The second kappa shape index (κ2) is 6.97. The molecule has 9 heteroatoms. The molecule has 0 spiro atoms. The van der Waals surface area contributed by atoms with Crippen LogP contribution in [0.25, 0.3) is 0 Å². The summed E-state index contributed by atoms with van der Waals surface area (Å²) in [4.78, 5) is -0.227. The third kappa shape index (κ3) is 3.99. The van der Waals surface area contributed by atoms with Crippen molar-refractivity contribution in [2.75, 3.05) is 6.61 Å². The molecule has 0 radical (unpaired) electrons. The van der Waals surface area contributed by atoms with Gasteiger partial charge in [-0.15, -0.1) is 0 Å². The fourth-order valence-corrected chi connectivity index (χ4v) is 3.39. The first-order chi connectivity index (χ1) is 10.8. The maximum Gasteiger partial charge on any atom is 0.415 e. The van der Waals surface area contributed by atoms with Gasteiger partial charge in [-0.05, 0) is 29.4 Å². The van der Waals surface area contributed by atoms with Gasteiger partial charge in [-0.2, -0.15) is 0 Å². The first-order valence-corrected chi connectivity index (χ1v) is 8.59. The molecule has 1 aromatic heterocycles. The third-order valence-corrected chi connectivity index (χ3v) is 4.79. The van der Waals surface area contributed by atoms with Crippen molar-refractivity contribution in [2.45, 2.75) is 36.2 Å². The first kappa shape index (κ1) is 17.2. The van der Waals surface area contributed by atoms with Crippen LogP contribution in [0.3, 0.4) is 0 Å². The largest absolute Gasteiger partial charge is 0.453 e. The molecule has 2 aromatic rings. The number of hydrogen-bond acceptors (Lipinski definition) is 7. The van der Waals surface area contributed by atoms with E-state index in [0.29, 0.717) is 12.3 Å². The number of hydrogen-bond donors (Lipinski definition) is 1. The van der Waals surface area contributed by atoms with Crippen molar-refractivity contribution >= 4 is 9.84 Å². The second-order valence-electron chi connectivity index (χ2n) is 5.56. The number of sulfone groups is 1. The number of benzene rings is 1. The lowest BCUT2D eigenvalue weighted by Gasteiger charge is -2.12. The molecule has 2 rings (SSSR count). The summed E-state index contributed by atoms with van der Waals surface area (Å²) in [5.74, 6) is -0.0223. The van der Waals surface area contributed by atoms with Gasteiger partial charge in [0.05, 0.1) is 10.1 Å². The monoisotopic (exact) mass is 341 g/mol. The summed E-state index contributed by atoms with van der Waals surface area (Å²) in [6.07, 6.45) is 0.690. The maximum absolute atomic E-state index is 12.5. The molecule has 0 saturated heterocycles. The average molecular weight is 341 g/mol. The van der Waals surface area contributed by atoms with Gasteiger partial charge in [0.2, 0.25) is 0 Å². The molecule has 1 heterocycles. The molecule has 0 aliphatic heterocycles. The zero-order valence-corrected chi connectivity index (χ0v) is 13.7. The van der Waals surface area contributed by atoms with Crippen LogP contribution in [-0.4, -0.2) is 26.2 Å². The van der Waals surface area contributed by atoms with Crippen LogP contribution in [0.5, 0.6) is 5.88 Å². The highest BCUT2D eigenvalue weighted by Crippen LogP contribution is 2.25. The van der Waals surface area contributed by atoms with E-state index in [1.165, 1.54) is 12.1 Å². The van der Waals surface area contributed by atoms with Crippen molar-refractivity contribution in [1.29, 1.82) is 0 Å². The van der Waals surface area contributed by atoms with Crippen molar-refractivity contribution in [3.63, 3.8) is 0 Å². The lowest BCUT2D eigenvalue weighted by atomic mass is 10.1. The molecule has 1 unspecified atom stereocenters. The smallest absolute Gasteiger partial charge is 0.415 e. The van der Waals surface area contributed by atoms with Gasteiger partial charge in [0.25, 0.3) is 9.84 Å². The summed E-state index contributed by atoms with van der Waals surface area (Å²) in [6, 6.07) is 7.20. The van der Waals surface area contributed by atoms with Crippen molar-refractivity contribution < 1.29 is 22.7 Å². The van der Waals surface area contributed by atoms with Crippen molar-refractivity contribution in [2.24, 2.45) is 11.7 Å². The Bertz CT molecular complexity index is 743. The quantitative estimate of drug-likeness (QED) is 0.742. The number of aromatic nitrogens is 2. The normalized spacial score (nSPS) is 13.2. The summed E-state index contributed by atoms with van der Waals surface area (Å²) in [6.45, 7) is 4.04. The highest BCUT2D eigenvalue weighted by molar-refractivity contribution is 7.91. The minimum absolute atomic E-state index is 0.0298. The molecule has 0 aliphatic rings. The SMILES string of the molecule is CC(C)CC(N)COc1no[n+]([O-])c1S(=O)(=O)c1ccccc1. The van der Waals surface area contributed by atoms with E-state index in [-0.39, 0.29) is 28.3 Å². The van der Waals surface area contributed by atoms with Crippen molar-refractivity contribution in [1.82, 2.24) is 5.16 Å². The lowest BCUT2D eigenvalue weighted by molar-refractivity contribution is -0.832. The van der Waals surface area contributed by atoms with Crippen LogP contribution in [0, 0.1) is 11.1 Å². The molecule has 8 nitrogen and oxygen atoms in total. The molecule has 0 fully saturated rings. The van der Waals surface area contributed by atoms with Crippen LogP contribution in [0.15, 0.2) is 44.9 Å². The summed E-state index contributed by atoms with van der Waals surface area (Å²) >= 11 is 0. The first-order valence-electron chi connectivity index (χ1n) is 7.10. The Kier molecular flexibility index (Phi) is 5.22. The summed E-state index contributed by atoms with van der Waals surface area (Å²) in [7, 11) is -4.10. The van der Waals surface area contributed by atoms with Gasteiger partial charge in [0.1, 0.15) is 6.61 Å². The summed E-state index contributed by atoms with van der Waals surface area (Å²) < 4.78 is 34.7. The zero-order valence-electron chi connectivity index (χ0n) is 12.9. The van der Waals surface area contributed by atoms with E-state index < -0.39 is 14.9 Å². The van der Waals surface area contributed by atoms with Crippen molar-refractivity contribution in [3.05, 3.63) is 35.5 Å². The van der Waals surface area contributed by atoms with Gasteiger partial charge in [-0.25, -0.2) is 8.42 Å². The predicted molar refractivity (Wildman–Crippen MR) is 80.3 cm³/mol. The van der Waals surface area contributed by atoms with Gasteiger partial charge in [0, 0.05) is 6.04 Å². The lowest BCUT2D eigenvalue weighted by Crippen LogP contribution is -2.32. The van der Waals surface area contributed by atoms with Crippen LogP contribution in [-0.2, 0) is 9.84 Å². The zero-order chi connectivity index (χ0) is 17.0. The molecule has 126 valence electrons. The van der Waals surface area contributed by atoms with E-state index in [0.717, 1.165) is 0 Å². The molecule has 1 aromatic carbocycles. The number of nitrogens with zero attached hydrogens (tertiary/aromatic N) is 2. The molecule has 1 atom stereocenters. The Morgan fingerprint density at radius 3 is 2.61 bits per heavy atom. The van der Waals surface area contributed by atoms with E-state index in [2.05, 4.69) is 9.79 Å². The van der Waals surface area contributed by atoms with Gasteiger partial charge in [-0.3, -0.25) is 4.63 Å². The second-order valence-corrected chi connectivity index (χ2v) is 7.42. The molecule has 2 N–H and O–H groups in total. The number of ether oxygens (including phenoxy) is 1. The van der Waals surface area contributed by atoms with Gasteiger partial charge in [0.15, 0.2) is 0 Å². The number of rotatable bonds is 7. The molecular formula is C14H19N3O5S. The number of nitrogens with two attached hydrogens (primary N) is 1. The average Bonchev–Trinajstić information content (AvgIpc) is 2.87. The molecular weight excluding hydrogens is 322 g/mol. The highest BCUT2D eigenvalue weighted by Gasteiger charge is 2.35. The predicted octanol–water partition coefficient (Wildman–Crippen LogP) is 0.893. The topological polar surface area (TPSA) is 122 Å². The minimum atomic E-state index is -4.10. The fourth-order valence-electron chi connectivity index (χ4n) is 2.10. The van der Waals surface area contributed by atoms with Gasteiger partial charge in [-0.1, -0.05) is 32.0 Å². The van der Waals surface area contributed by atoms with E-state index in [4.69, 9.17) is 10.5 Å². The van der Waals surface area contributed by atoms with E-state index in [1.54, 1.807) is 18.2 Å². The standard InChI is InChI=1S/C14H19N3O5S/c1-10(2)8-11(15)9-21-13-14(17(18)22-16-13)23(19,20)12-6-4-3-5-7-12/h3-7,10-11H,8-9,15H2,1-2H3. The fraction of sp³-hybridized carbons (Fsp3) is 0.429. The van der Waals surface area contributed by atoms with Gasteiger partial charge >= 0.3 is 10.9 Å². The highest BCUT2D eigenvalue weighted by atomic mass is 32.2. The Hall–Kier alpha value is -2.13. The van der Waals surface area contributed by atoms with Crippen LogP contribution in [0.1, 0.15) is 20.3 Å². The van der Waals surface area contributed by atoms with E-state index in [9.17, 15) is 13.6 Å². The Balaban J connectivity index is 2.26. The molecule has 0 aliphatic carbocycles.